The van der Waals surface area contributed by atoms with Crippen LogP contribution in [-0.2, 0) is 13.0 Å². The highest BCUT2D eigenvalue weighted by atomic mass is 16.2. The molecule has 2 aromatic heterocycles. The number of aryl methyl sites for hydroxylation is 1. The summed E-state index contributed by atoms with van der Waals surface area (Å²) in [6, 6.07) is 15.3. The average molecular weight is 536 g/mol. The zero-order valence-electron chi connectivity index (χ0n) is 21.5. The molecule has 5 N–H and O–H groups in total. The van der Waals surface area contributed by atoms with Crippen LogP contribution in [0.2, 0.25) is 0 Å². The number of carbonyl (C=O) groups is 3. The van der Waals surface area contributed by atoms with E-state index >= 15 is 0 Å². The number of rotatable bonds is 7. The van der Waals surface area contributed by atoms with E-state index < -0.39 is 11.8 Å². The van der Waals surface area contributed by atoms with Crippen LogP contribution in [0.1, 0.15) is 67.4 Å². The largest absolute Gasteiger partial charge is 0.369 e. The van der Waals surface area contributed by atoms with Gasteiger partial charge >= 0.3 is 0 Å². The zero-order chi connectivity index (χ0) is 28.2. The second-order valence-corrected chi connectivity index (χ2v) is 9.25. The number of nitrogens with two attached hydrogens (primary N) is 1. The van der Waals surface area contributed by atoms with E-state index in [4.69, 9.17) is 11.0 Å². The minimum atomic E-state index is -0.472. The highest BCUT2D eigenvalue weighted by Gasteiger charge is 2.26. The van der Waals surface area contributed by atoms with Gasteiger partial charge in [-0.2, -0.15) is 10.4 Å². The molecule has 0 saturated carbocycles. The molecule has 5 rings (SSSR count). The number of nitrogens with zero attached hydrogens (tertiary/aromatic N) is 5. The van der Waals surface area contributed by atoms with Crippen molar-refractivity contribution in [2.24, 2.45) is 10.7 Å². The lowest BCUT2D eigenvalue weighted by molar-refractivity contribution is 0.0927. The highest BCUT2D eigenvalue weighted by Crippen LogP contribution is 2.32. The lowest BCUT2D eigenvalue weighted by atomic mass is 10.0. The molecule has 0 spiro atoms. The summed E-state index contributed by atoms with van der Waals surface area (Å²) in [5, 5.41) is 21.0. The first-order chi connectivity index (χ1) is 19.3. The molecule has 0 saturated heterocycles. The normalized spacial score (nSPS) is 14.3. The number of nitrogens with one attached hydrogen (secondary N) is 3. The fraction of sp³-hybridized carbons (Fsp3) is 0.179. The summed E-state index contributed by atoms with van der Waals surface area (Å²) < 4.78 is 1.39. The number of hydrogen-bond donors (Lipinski definition) is 4. The number of aliphatic imine (C=N–C) groups is 1. The van der Waals surface area contributed by atoms with E-state index in [-0.39, 0.29) is 35.7 Å². The van der Waals surface area contributed by atoms with Crippen LogP contribution in [0.15, 0.2) is 65.8 Å². The Kier molecular flexibility index (Phi) is 7.19. The van der Waals surface area contributed by atoms with Crippen LogP contribution in [0.3, 0.4) is 0 Å². The molecular weight excluding hydrogens is 510 g/mol. The van der Waals surface area contributed by atoms with E-state index in [9.17, 15) is 14.4 Å². The smallest absolute Gasteiger partial charge is 0.270 e. The van der Waals surface area contributed by atoms with E-state index in [1.807, 2.05) is 12.1 Å². The van der Waals surface area contributed by atoms with Crippen LogP contribution in [0.4, 0.5) is 5.69 Å². The second-order valence-electron chi connectivity index (χ2n) is 9.25. The summed E-state index contributed by atoms with van der Waals surface area (Å²) in [6.45, 7) is 1.70. The van der Waals surface area contributed by atoms with Crippen molar-refractivity contribution in [3.63, 3.8) is 0 Å². The first-order valence-corrected chi connectivity index (χ1v) is 12.5. The monoisotopic (exact) mass is 535 g/mol. The van der Waals surface area contributed by atoms with Crippen LogP contribution in [0.25, 0.3) is 5.65 Å². The SMILES string of the molecule is CC(=O)c1ccc2c(c1)CC[C@@H]2NC(=O)c1cc(C(=O)NCc2cccc(N=C(N)NC#N)c2)nc2ccnn12. The Morgan fingerprint density at radius 3 is 2.80 bits per heavy atom. The van der Waals surface area contributed by atoms with Crippen molar-refractivity contribution in [2.45, 2.75) is 32.4 Å². The molecule has 2 amide bonds. The number of Topliss-reactive ketones (excluding diaryl/α,β-unsaturated/α-hetero) is 1. The number of nitriles is 1. The number of carbonyl (C=O) groups excluding carboxylic acids is 3. The highest BCUT2D eigenvalue weighted by molar-refractivity contribution is 5.98. The lowest BCUT2D eigenvalue weighted by Gasteiger charge is -2.15. The topological polar surface area (TPSA) is 180 Å². The number of ketones is 1. The number of guanidine groups is 1. The molecule has 200 valence electrons. The van der Waals surface area contributed by atoms with Gasteiger partial charge in [0.05, 0.1) is 17.9 Å². The van der Waals surface area contributed by atoms with Crippen molar-refractivity contribution in [1.82, 2.24) is 30.5 Å². The predicted octanol–water partition coefficient (Wildman–Crippen LogP) is 2.30. The third-order valence-corrected chi connectivity index (χ3v) is 6.55. The van der Waals surface area contributed by atoms with Crippen molar-refractivity contribution in [3.8, 4) is 6.19 Å². The third-order valence-electron chi connectivity index (χ3n) is 6.55. The molecule has 1 aliphatic carbocycles. The van der Waals surface area contributed by atoms with Gasteiger partial charge in [0, 0.05) is 24.2 Å². The minimum Gasteiger partial charge on any atom is -0.369 e. The summed E-state index contributed by atoms with van der Waals surface area (Å²) in [5.74, 6) is -0.916. The van der Waals surface area contributed by atoms with Crippen molar-refractivity contribution < 1.29 is 14.4 Å². The molecule has 0 bridgehead atoms. The van der Waals surface area contributed by atoms with Crippen molar-refractivity contribution in [3.05, 3.63) is 94.4 Å². The maximum atomic E-state index is 13.4. The summed E-state index contributed by atoms with van der Waals surface area (Å²) in [7, 11) is 0. The maximum Gasteiger partial charge on any atom is 0.270 e. The van der Waals surface area contributed by atoms with Crippen LogP contribution >= 0.6 is 0 Å². The van der Waals surface area contributed by atoms with E-state index in [0.29, 0.717) is 23.3 Å². The van der Waals surface area contributed by atoms with E-state index in [2.05, 4.69) is 31.0 Å². The van der Waals surface area contributed by atoms with Gasteiger partial charge in [-0.25, -0.2) is 14.5 Å². The summed E-state index contributed by atoms with van der Waals surface area (Å²) in [4.78, 5) is 46.6. The van der Waals surface area contributed by atoms with E-state index in [0.717, 1.165) is 23.1 Å². The second kappa shape index (κ2) is 11.0. The van der Waals surface area contributed by atoms with Crippen molar-refractivity contribution in [2.75, 3.05) is 0 Å². The Hall–Kier alpha value is -5.57. The molecule has 1 aliphatic rings. The number of aromatic nitrogens is 3. The van der Waals surface area contributed by atoms with Crippen LogP contribution in [0.5, 0.6) is 0 Å². The Morgan fingerprint density at radius 2 is 2.00 bits per heavy atom. The van der Waals surface area contributed by atoms with Gasteiger partial charge in [-0.3, -0.25) is 19.7 Å². The first-order valence-electron chi connectivity index (χ1n) is 12.5. The summed E-state index contributed by atoms with van der Waals surface area (Å²) in [5.41, 5.74) is 10.1. The van der Waals surface area contributed by atoms with Crippen LogP contribution in [-0.4, -0.2) is 38.2 Å². The molecule has 0 aliphatic heterocycles. The van der Waals surface area contributed by atoms with Gasteiger partial charge < -0.3 is 16.4 Å². The fourth-order valence-electron chi connectivity index (χ4n) is 4.64. The van der Waals surface area contributed by atoms with Gasteiger partial charge in [0.15, 0.2) is 17.6 Å². The average Bonchev–Trinajstić information content (AvgIpc) is 3.58. The third kappa shape index (κ3) is 5.48. The lowest BCUT2D eigenvalue weighted by Crippen LogP contribution is -2.30. The molecule has 0 radical (unpaired) electrons. The quantitative estimate of drug-likeness (QED) is 0.0914. The van der Waals surface area contributed by atoms with Gasteiger partial charge in [0.1, 0.15) is 11.4 Å². The Bertz CT molecular complexity index is 1720. The summed E-state index contributed by atoms with van der Waals surface area (Å²) in [6.07, 6.45) is 4.65. The molecule has 1 atom stereocenters. The molecule has 0 unspecified atom stereocenters. The predicted molar refractivity (Wildman–Crippen MR) is 146 cm³/mol. The standard InChI is InChI=1S/C28H25N9O3/c1-16(38)18-5-7-21-19(12-18)6-8-22(21)36-27(40)24-13-23(35-25-9-10-33-37(24)25)26(39)31-14-17-3-2-4-20(11-17)34-28(30)32-15-29/h2-5,7,9-13,22H,6,8,14H2,1H3,(H,31,39)(H,36,40)(H3,30,32,34)/t22-/m0/s1. The number of benzene rings is 2. The molecule has 2 aromatic carbocycles. The Morgan fingerprint density at radius 1 is 1.15 bits per heavy atom. The number of amides is 2. The van der Waals surface area contributed by atoms with Crippen molar-refractivity contribution in [1.29, 1.82) is 5.26 Å². The maximum absolute atomic E-state index is 13.4. The fourth-order valence-corrected chi connectivity index (χ4v) is 4.64. The van der Waals surface area contributed by atoms with Crippen molar-refractivity contribution >= 4 is 34.9 Å². The van der Waals surface area contributed by atoms with Gasteiger partial charge in [-0.1, -0.05) is 24.3 Å². The van der Waals surface area contributed by atoms with Crippen LogP contribution in [0, 0.1) is 11.5 Å². The molecule has 12 nitrogen and oxygen atoms in total. The van der Waals surface area contributed by atoms with Gasteiger partial charge in [-0.15, -0.1) is 0 Å². The molecule has 4 aromatic rings. The number of fused-ring (bicyclic) bond motifs is 2. The van der Waals surface area contributed by atoms with Gasteiger partial charge in [0.2, 0.25) is 5.96 Å². The minimum absolute atomic E-state index is 0.00208. The Labute approximate surface area is 228 Å². The number of hydrogen-bond acceptors (Lipinski definition) is 7. The molecule has 0 fully saturated rings. The van der Waals surface area contributed by atoms with Crippen LogP contribution < -0.4 is 21.7 Å². The molecular formula is C28H25N9O3. The van der Waals surface area contributed by atoms with E-state index in [1.54, 1.807) is 42.6 Å². The van der Waals surface area contributed by atoms with Gasteiger partial charge in [-0.05, 0) is 54.7 Å². The Balaban J connectivity index is 1.32. The van der Waals surface area contributed by atoms with Gasteiger partial charge in [0.25, 0.3) is 11.8 Å². The molecule has 40 heavy (non-hydrogen) atoms. The summed E-state index contributed by atoms with van der Waals surface area (Å²) >= 11 is 0. The molecule has 12 heteroatoms. The van der Waals surface area contributed by atoms with E-state index in [1.165, 1.54) is 23.7 Å². The first kappa shape index (κ1) is 26.1. The zero-order valence-corrected chi connectivity index (χ0v) is 21.5. The molecule has 2 heterocycles.